The van der Waals surface area contributed by atoms with Crippen molar-refractivity contribution in [3.05, 3.63) is 120 Å². The van der Waals surface area contributed by atoms with Crippen LogP contribution in [0.4, 0.5) is 0 Å². The molecule has 4 rings (SSSR count). The Labute approximate surface area is 155 Å². The lowest BCUT2D eigenvalue weighted by molar-refractivity contribution is 0.923. The van der Waals surface area contributed by atoms with Gasteiger partial charge in [-0.15, -0.1) is 0 Å². The molecule has 0 nitrogen and oxygen atoms in total. The molecule has 0 spiro atoms. The summed E-state index contributed by atoms with van der Waals surface area (Å²) in [6.07, 6.45) is 0. The van der Waals surface area contributed by atoms with Crippen LogP contribution in [0.1, 0.15) is 24.0 Å². The predicted octanol–water partition coefficient (Wildman–Crippen LogP) is 7.17. The van der Waals surface area contributed by atoms with Crippen LogP contribution in [-0.4, -0.2) is 0 Å². The summed E-state index contributed by atoms with van der Waals surface area (Å²) in [5.41, 5.74) is 7.74. The Kier molecular flexibility index (Phi) is 4.66. The lowest BCUT2D eigenvalue weighted by Crippen LogP contribution is -1.97. The monoisotopic (exact) mass is 334 g/mol. The van der Waals surface area contributed by atoms with Crippen LogP contribution >= 0.6 is 0 Å². The summed E-state index contributed by atoms with van der Waals surface area (Å²) in [5.74, 6) is 0.349. The van der Waals surface area contributed by atoms with Crippen LogP contribution in [0, 0.1) is 0 Å². The zero-order chi connectivity index (χ0) is 17.8. The van der Waals surface area contributed by atoms with Gasteiger partial charge in [-0.25, -0.2) is 0 Å². The van der Waals surface area contributed by atoms with Crippen molar-refractivity contribution in [2.45, 2.75) is 12.8 Å². The summed E-state index contributed by atoms with van der Waals surface area (Å²) >= 11 is 0. The van der Waals surface area contributed by atoms with Gasteiger partial charge in [0.25, 0.3) is 0 Å². The van der Waals surface area contributed by atoms with E-state index in [1.165, 1.54) is 33.4 Å². The first-order valence-electron chi connectivity index (χ1n) is 9.12. The third-order valence-corrected chi connectivity index (χ3v) is 4.97. The van der Waals surface area contributed by atoms with Crippen molar-refractivity contribution in [3.8, 4) is 22.3 Å². The first kappa shape index (κ1) is 16.4. The molecule has 0 unspecified atom stereocenters. The van der Waals surface area contributed by atoms with Gasteiger partial charge in [-0.3, -0.25) is 0 Å². The highest BCUT2D eigenvalue weighted by atomic mass is 14.2. The molecule has 0 aliphatic heterocycles. The molecule has 1 atom stereocenters. The summed E-state index contributed by atoms with van der Waals surface area (Å²) in [7, 11) is 0. The minimum Gasteiger partial charge on any atom is -0.0622 e. The molecule has 0 amide bonds. The summed E-state index contributed by atoms with van der Waals surface area (Å²) in [5, 5.41) is 0. The second-order valence-corrected chi connectivity index (χ2v) is 6.71. The van der Waals surface area contributed by atoms with E-state index in [0.29, 0.717) is 5.92 Å². The second kappa shape index (κ2) is 7.41. The Morgan fingerprint density at radius 3 is 1.31 bits per heavy atom. The predicted molar refractivity (Wildman–Crippen MR) is 111 cm³/mol. The van der Waals surface area contributed by atoms with E-state index in [9.17, 15) is 0 Å². The summed E-state index contributed by atoms with van der Waals surface area (Å²) in [6.45, 7) is 2.29. The van der Waals surface area contributed by atoms with E-state index in [4.69, 9.17) is 0 Å². The van der Waals surface area contributed by atoms with Crippen LogP contribution < -0.4 is 0 Å². The molecule has 0 heterocycles. The van der Waals surface area contributed by atoms with Crippen molar-refractivity contribution in [1.82, 2.24) is 0 Å². The SMILES string of the molecule is C[C@H](c1ccccc1)c1cc(-c2ccccc2)cc(-c2ccccc2)c1. The molecule has 126 valence electrons. The summed E-state index contributed by atoms with van der Waals surface area (Å²) < 4.78 is 0. The molecule has 4 aromatic rings. The Morgan fingerprint density at radius 1 is 0.423 bits per heavy atom. The fourth-order valence-electron chi connectivity index (χ4n) is 3.43. The van der Waals surface area contributed by atoms with Crippen molar-refractivity contribution < 1.29 is 0 Å². The lowest BCUT2D eigenvalue weighted by atomic mass is 9.88. The maximum atomic E-state index is 2.33. The van der Waals surface area contributed by atoms with Gasteiger partial charge >= 0.3 is 0 Å². The van der Waals surface area contributed by atoms with Crippen molar-refractivity contribution >= 4 is 0 Å². The van der Waals surface area contributed by atoms with Gasteiger partial charge in [0.15, 0.2) is 0 Å². The molecular weight excluding hydrogens is 312 g/mol. The topological polar surface area (TPSA) is 0 Å². The number of hydrogen-bond acceptors (Lipinski definition) is 0. The Morgan fingerprint density at radius 2 is 0.846 bits per heavy atom. The number of hydrogen-bond donors (Lipinski definition) is 0. The first-order chi connectivity index (χ1) is 12.8. The summed E-state index contributed by atoms with van der Waals surface area (Å²) in [6, 6.07) is 39.0. The Bertz CT molecular complexity index is 912. The molecule has 0 saturated carbocycles. The van der Waals surface area contributed by atoms with Gasteiger partial charge in [-0.2, -0.15) is 0 Å². The van der Waals surface area contributed by atoms with E-state index in [2.05, 4.69) is 116 Å². The van der Waals surface area contributed by atoms with Crippen molar-refractivity contribution in [2.24, 2.45) is 0 Å². The van der Waals surface area contributed by atoms with E-state index in [0.717, 1.165) is 0 Å². The molecule has 0 fully saturated rings. The largest absolute Gasteiger partial charge is 0.0622 e. The highest BCUT2D eigenvalue weighted by molar-refractivity contribution is 5.74. The molecule has 0 bridgehead atoms. The minimum atomic E-state index is 0.349. The highest BCUT2D eigenvalue weighted by Gasteiger charge is 2.12. The van der Waals surface area contributed by atoms with Gasteiger partial charge in [-0.1, -0.05) is 110 Å². The van der Waals surface area contributed by atoms with Crippen LogP contribution in [0.25, 0.3) is 22.3 Å². The van der Waals surface area contributed by atoms with Crippen molar-refractivity contribution in [2.75, 3.05) is 0 Å². The normalized spacial score (nSPS) is 11.9. The van der Waals surface area contributed by atoms with Gasteiger partial charge in [0, 0.05) is 5.92 Å². The molecule has 4 aromatic carbocycles. The quantitative estimate of drug-likeness (QED) is 0.371. The fourth-order valence-corrected chi connectivity index (χ4v) is 3.43. The van der Waals surface area contributed by atoms with E-state index in [-0.39, 0.29) is 0 Å². The molecule has 0 aromatic heterocycles. The van der Waals surface area contributed by atoms with Crippen LogP contribution in [0.2, 0.25) is 0 Å². The average Bonchev–Trinajstić information content (AvgIpc) is 2.75. The maximum absolute atomic E-state index is 2.33. The fraction of sp³-hybridized carbons (Fsp3) is 0.0769. The third kappa shape index (κ3) is 3.45. The van der Waals surface area contributed by atoms with Crippen LogP contribution in [0.5, 0.6) is 0 Å². The van der Waals surface area contributed by atoms with Crippen LogP contribution in [0.15, 0.2) is 109 Å². The van der Waals surface area contributed by atoms with Crippen molar-refractivity contribution in [1.29, 1.82) is 0 Å². The highest BCUT2D eigenvalue weighted by Crippen LogP contribution is 2.33. The van der Waals surface area contributed by atoms with Crippen molar-refractivity contribution in [3.63, 3.8) is 0 Å². The Hall–Kier alpha value is -3.12. The minimum absolute atomic E-state index is 0.349. The second-order valence-electron chi connectivity index (χ2n) is 6.71. The average molecular weight is 334 g/mol. The van der Waals surface area contributed by atoms with Crippen LogP contribution in [0.3, 0.4) is 0 Å². The van der Waals surface area contributed by atoms with Gasteiger partial charge in [0.1, 0.15) is 0 Å². The molecular formula is C26H22. The number of benzene rings is 4. The van der Waals surface area contributed by atoms with Gasteiger partial charge in [0.2, 0.25) is 0 Å². The van der Waals surface area contributed by atoms with E-state index in [1.54, 1.807) is 0 Å². The molecule has 0 aliphatic carbocycles. The Balaban J connectivity index is 1.86. The first-order valence-corrected chi connectivity index (χ1v) is 9.12. The van der Waals surface area contributed by atoms with Gasteiger partial charge in [0.05, 0.1) is 0 Å². The van der Waals surface area contributed by atoms with Gasteiger partial charge < -0.3 is 0 Å². The molecule has 0 saturated heterocycles. The zero-order valence-electron chi connectivity index (χ0n) is 15.0. The third-order valence-electron chi connectivity index (χ3n) is 4.97. The maximum Gasteiger partial charge on any atom is 0.00614 e. The number of rotatable bonds is 4. The molecule has 0 radical (unpaired) electrons. The molecule has 26 heavy (non-hydrogen) atoms. The standard InChI is InChI=1S/C26H22/c1-20(21-11-5-2-6-12-21)24-17-25(22-13-7-3-8-14-22)19-26(18-24)23-15-9-4-10-16-23/h2-20H,1H3/t20-/m1/s1. The van der Waals surface area contributed by atoms with Crippen LogP contribution in [-0.2, 0) is 0 Å². The molecule has 0 heteroatoms. The smallest absolute Gasteiger partial charge is 0.00614 e. The summed E-state index contributed by atoms with van der Waals surface area (Å²) in [4.78, 5) is 0. The van der Waals surface area contributed by atoms with Gasteiger partial charge in [-0.05, 0) is 39.4 Å². The molecule has 0 N–H and O–H groups in total. The van der Waals surface area contributed by atoms with E-state index < -0.39 is 0 Å². The van der Waals surface area contributed by atoms with E-state index >= 15 is 0 Å². The lowest BCUT2D eigenvalue weighted by Gasteiger charge is -2.16. The molecule has 0 aliphatic rings. The van der Waals surface area contributed by atoms with E-state index in [1.807, 2.05) is 0 Å². The zero-order valence-corrected chi connectivity index (χ0v) is 15.0.